The fraction of sp³-hybridized carbons (Fsp3) is 0.278. The quantitative estimate of drug-likeness (QED) is 0.779. The van der Waals surface area contributed by atoms with Crippen LogP contribution < -0.4 is 9.62 Å². The van der Waals surface area contributed by atoms with Crippen molar-refractivity contribution in [1.29, 1.82) is 0 Å². The molecule has 1 heterocycles. The van der Waals surface area contributed by atoms with Crippen LogP contribution in [0.2, 0.25) is 0 Å². The summed E-state index contributed by atoms with van der Waals surface area (Å²) in [7, 11) is -4.09. The molecule has 0 spiro atoms. The van der Waals surface area contributed by atoms with Crippen LogP contribution in [-0.4, -0.2) is 33.6 Å². The van der Waals surface area contributed by atoms with Gasteiger partial charge >= 0.3 is 6.18 Å². The highest BCUT2D eigenvalue weighted by Crippen LogP contribution is 2.34. The van der Waals surface area contributed by atoms with E-state index in [0.717, 1.165) is 28.6 Å². The molecule has 1 amide bonds. The van der Waals surface area contributed by atoms with Crippen molar-refractivity contribution in [3.8, 4) is 0 Å². The Morgan fingerprint density at radius 2 is 1.79 bits per heavy atom. The van der Waals surface area contributed by atoms with Gasteiger partial charge in [-0.1, -0.05) is 12.1 Å². The Morgan fingerprint density at radius 3 is 2.43 bits per heavy atom. The maximum atomic E-state index is 14.3. The molecule has 5 nitrogen and oxygen atoms in total. The molecular formula is C18H16F4N2O3S. The molecule has 150 valence electrons. The third kappa shape index (κ3) is 4.11. The number of carbonyl (C=O) groups is 1. The zero-order chi connectivity index (χ0) is 20.5. The van der Waals surface area contributed by atoms with E-state index >= 15 is 0 Å². The van der Waals surface area contributed by atoms with E-state index in [-0.39, 0.29) is 22.7 Å². The largest absolute Gasteiger partial charge is 0.405 e. The number of benzene rings is 2. The van der Waals surface area contributed by atoms with Gasteiger partial charge in [0.05, 0.1) is 10.6 Å². The fourth-order valence-electron chi connectivity index (χ4n) is 2.99. The molecular weight excluding hydrogens is 400 g/mol. The molecule has 1 aliphatic heterocycles. The van der Waals surface area contributed by atoms with E-state index in [1.165, 1.54) is 12.1 Å². The Bertz CT molecular complexity index is 989. The molecule has 0 aromatic heterocycles. The monoisotopic (exact) mass is 416 g/mol. The molecule has 3 rings (SSSR count). The number of anilines is 1. The van der Waals surface area contributed by atoms with Crippen LogP contribution in [0.5, 0.6) is 0 Å². The molecule has 0 atom stereocenters. The molecule has 0 aliphatic carbocycles. The summed E-state index contributed by atoms with van der Waals surface area (Å²) >= 11 is 0. The lowest BCUT2D eigenvalue weighted by molar-refractivity contribution is -0.123. The summed E-state index contributed by atoms with van der Waals surface area (Å²) in [5.41, 5.74) is 0.465. The lowest BCUT2D eigenvalue weighted by Crippen LogP contribution is -2.36. The second-order valence-corrected chi connectivity index (χ2v) is 8.11. The van der Waals surface area contributed by atoms with Gasteiger partial charge in [0.15, 0.2) is 0 Å². The van der Waals surface area contributed by atoms with Crippen LogP contribution in [0.4, 0.5) is 23.2 Å². The number of nitrogens with zero attached hydrogens (tertiary/aromatic N) is 1. The molecule has 28 heavy (non-hydrogen) atoms. The maximum Gasteiger partial charge on any atom is 0.405 e. The highest BCUT2D eigenvalue weighted by atomic mass is 32.2. The summed E-state index contributed by atoms with van der Waals surface area (Å²) in [6.45, 7) is -1.39. The number of hydrogen-bond acceptors (Lipinski definition) is 3. The number of hydrogen-bond donors (Lipinski definition) is 1. The van der Waals surface area contributed by atoms with Crippen molar-refractivity contribution in [2.24, 2.45) is 0 Å². The van der Waals surface area contributed by atoms with Gasteiger partial charge in [0.1, 0.15) is 12.4 Å². The predicted molar refractivity (Wildman–Crippen MR) is 94.1 cm³/mol. The number of sulfonamides is 1. The van der Waals surface area contributed by atoms with Crippen LogP contribution in [0, 0.1) is 5.82 Å². The summed E-state index contributed by atoms with van der Waals surface area (Å²) in [5.74, 6) is -1.63. The summed E-state index contributed by atoms with van der Waals surface area (Å²) in [4.78, 5) is 11.6. The number of para-hydroxylation sites is 1. The average Bonchev–Trinajstić information content (AvgIpc) is 2.65. The molecule has 2 aromatic rings. The zero-order valence-electron chi connectivity index (χ0n) is 14.5. The van der Waals surface area contributed by atoms with E-state index in [2.05, 4.69) is 0 Å². The van der Waals surface area contributed by atoms with Gasteiger partial charge in [0.2, 0.25) is 0 Å². The highest BCUT2D eigenvalue weighted by molar-refractivity contribution is 7.92. The second kappa shape index (κ2) is 7.42. The van der Waals surface area contributed by atoms with Gasteiger partial charge in [-0.25, -0.2) is 12.8 Å². The van der Waals surface area contributed by atoms with Crippen LogP contribution in [0.3, 0.4) is 0 Å². The summed E-state index contributed by atoms with van der Waals surface area (Å²) in [6.07, 6.45) is -3.48. The lowest BCUT2D eigenvalue weighted by atomic mass is 10.0. The number of nitrogens with one attached hydrogen (secondary N) is 1. The molecule has 1 N–H and O–H groups in total. The fourth-order valence-corrected chi connectivity index (χ4v) is 4.54. The zero-order valence-corrected chi connectivity index (χ0v) is 15.3. The average molecular weight is 416 g/mol. The third-order valence-electron chi connectivity index (χ3n) is 4.28. The van der Waals surface area contributed by atoms with Crippen molar-refractivity contribution >= 4 is 21.6 Å². The van der Waals surface area contributed by atoms with Gasteiger partial charge in [-0.05, 0) is 48.7 Å². The summed E-state index contributed by atoms with van der Waals surface area (Å²) in [6, 6.07) is 8.82. The Hall–Kier alpha value is -2.62. The SMILES string of the molecule is O=C(NCC(F)(F)F)c1ccc(S(=O)(=O)N2CCCc3cccc(F)c32)cc1. The first-order chi connectivity index (χ1) is 13.1. The number of aryl methyl sites for hydroxylation is 1. The smallest absolute Gasteiger partial charge is 0.343 e. The number of carbonyl (C=O) groups excluding carboxylic acids is 1. The van der Waals surface area contributed by atoms with Crippen molar-refractivity contribution < 1.29 is 30.8 Å². The first-order valence-electron chi connectivity index (χ1n) is 8.35. The van der Waals surface area contributed by atoms with E-state index < -0.39 is 34.5 Å². The Morgan fingerprint density at radius 1 is 1.11 bits per heavy atom. The molecule has 2 aromatic carbocycles. The number of amides is 1. The second-order valence-electron chi connectivity index (χ2n) is 6.25. The standard InChI is InChI=1S/C18H16F4N2O3S/c19-15-5-1-3-12-4-2-10-24(16(12)15)28(26,27)14-8-6-13(7-9-14)17(25)23-11-18(20,21)22/h1,3,5-9H,2,4,10-11H2,(H,23,25). The van der Waals surface area contributed by atoms with E-state index in [4.69, 9.17) is 0 Å². The number of fused-ring (bicyclic) bond motifs is 1. The van der Waals surface area contributed by atoms with E-state index in [1.54, 1.807) is 11.4 Å². The van der Waals surface area contributed by atoms with E-state index in [0.29, 0.717) is 18.4 Å². The molecule has 1 aliphatic rings. The van der Waals surface area contributed by atoms with Gasteiger partial charge < -0.3 is 5.32 Å². The minimum absolute atomic E-state index is 0.000691. The minimum Gasteiger partial charge on any atom is -0.343 e. The van der Waals surface area contributed by atoms with Crippen LogP contribution >= 0.6 is 0 Å². The number of rotatable bonds is 4. The van der Waals surface area contributed by atoms with Crippen molar-refractivity contribution in [2.75, 3.05) is 17.4 Å². The van der Waals surface area contributed by atoms with Gasteiger partial charge in [-0.2, -0.15) is 13.2 Å². The molecule has 10 heteroatoms. The molecule has 0 fully saturated rings. The minimum atomic E-state index is -4.55. The molecule has 0 unspecified atom stereocenters. The van der Waals surface area contributed by atoms with Crippen molar-refractivity contribution in [3.63, 3.8) is 0 Å². The van der Waals surface area contributed by atoms with Crippen molar-refractivity contribution in [2.45, 2.75) is 23.9 Å². The maximum absolute atomic E-state index is 14.3. The van der Waals surface area contributed by atoms with Gasteiger partial charge in [0, 0.05) is 12.1 Å². The molecule has 0 saturated heterocycles. The van der Waals surface area contributed by atoms with Crippen LogP contribution in [0.1, 0.15) is 22.3 Å². The molecule has 0 radical (unpaired) electrons. The van der Waals surface area contributed by atoms with E-state index in [9.17, 15) is 30.8 Å². The van der Waals surface area contributed by atoms with Gasteiger partial charge in [-0.3, -0.25) is 9.10 Å². The van der Waals surface area contributed by atoms with Crippen molar-refractivity contribution in [1.82, 2.24) is 5.32 Å². The Kier molecular flexibility index (Phi) is 5.33. The third-order valence-corrected chi connectivity index (χ3v) is 6.09. The summed E-state index contributed by atoms with van der Waals surface area (Å²) < 4.78 is 77.7. The predicted octanol–water partition coefficient (Wildman–Crippen LogP) is 3.26. The van der Waals surface area contributed by atoms with Gasteiger partial charge in [0.25, 0.3) is 15.9 Å². The molecule has 0 saturated carbocycles. The lowest BCUT2D eigenvalue weighted by Gasteiger charge is -2.30. The van der Waals surface area contributed by atoms with E-state index in [1.807, 2.05) is 0 Å². The Balaban J connectivity index is 1.86. The van der Waals surface area contributed by atoms with Gasteiger partial charge in [-0.15, -0.1) is 0 Å². The highest BCUT2D eigenvalue weighted by Gasteiger charge is 2.32. The normalized spacial score (nSPS) is 14.5. The first-order valence-corrected chi connectivity index (χ1v) is 9.79. The Labute approximate surface area is 159 Å². The van der Waals surface area contributed by atoms with Crippen LogP contribution in [0.15, 0.2) is 47.4 Å². The molecule has 0 bridgehead atoms. The van der Waals surface area contributed by atoms with Crippen LogP contribution in [0.25, 0.3) is 0 Å². The van der Waals surface area contributed by atoms with Crippen LogP contribution in [-0.2, 0) is 16.4 Å². The summed E-state index contributed by atoms with van der Waals surface area (Å²) in [5, 5.41) is 1.71. The number of alkyl halides is 3. The van der Waals surface area contributed by atoms with Crippen molar-refractivity contribution in [3.05, 3.63) is 59.4 Å². The first kappa shape index (κ1) is 20.1. The topological polar surface area (TPSA) is 66.5 Å². The number of halogens is 4.